The van der Waals surface area contributed by atoms with Crippen LogP contribution in [0, 0.1) is 12.8 Å². The Kier molecular flexibility index (Phi) is 5.07. The Morgan fingerprint density at radius 2 is 1.83 bits per heavy atom. The number of hydrogen-bond acceptors (Lipinski definition) is 5. The Bertz CT molecular complexity index is 1170. The molecule has 1 fully saturated rings. The van der Waals surface area contributed by atoms with Gasteiger partial charge < -0.3 is 16.0 Å². The number of hydrogen-bond donors (Lipinski definition) is 2. The topological polar surface area (TPSA) is 122 Å². The van der Waals surface area contributed by atoms with Gasteiger partial charge in [-0.3, -0.25) is 9.59 Å². The summed E-state index contributed by atoms with van der Waals surface area (Å²) >= 11 is 0. The molecule has 0 bridgehead atoms. The fourth-order valence-corrected chi connectivity index (χ4v) is 5.16. The average molecular weight is 426 g/mol. The molecule has 2 aliphatic heterocycles. The molecule has 2 aliphatic rings. The third kappa shape index (κ3) is 3.68. The Morgan fingerprint density at radius 1 is 1.13 bits per heavy atom. The van der Waals surface area contributed by atoms with Gasteiger partial charge in [0.25, 0.3) is 10.0 Å². The van der Waals surface area contributed by atoms with Crippen molar-refractivity contribution >= 4 is 33.4 Å². The van der Waals surface area contributed by atoms with Crippen molar-refractivity contribution in [1.29, 1.82) is 0 Å². The van der Waals surface area contributed by atoms with Gasteiger partial charge in [-0.2, -0.15) is 8.42 Å². The molecular formula is C21H22N4O4S. The Morgan fingerprint density at radius 3 is 2.50 bits per heavy atom. The quantitative estimate of drug-likeness (QED) is 0.776. The molecule has 0 unspecified atom stereocenters. The number of amidine groups is 1. The second kappa shape index (κ2) is 7.56. The van der Waals surface area contributed by atoms with E-state index in [4.69, 9.17) is 5.73 Å². The first kappa shape index (κ1) is 20.1. The summed E-state index contributed by atoms with van der Waals surface area (Å²) in [4.78, 5) is 26.2. The number of amides is 2. The number of rotatable bonds is 3. The number of primary amides is 1. The number of sulfonamides is 1. The summed E-state index contributed by atoms with van der Waals surface area (Å²) < 4.78 is 28.5. The molecule has 0 aliphatic carbocycles. The fourth-order valence-electron chi connectivity index (χ4n) is 3.93. The molecule has 3 N–H and O–H groups in total. The van der Waals surface area contributed by atoms with Gasteiger partial charge in [0.2, 0.25) is 11.8 Å². The van der Waals surface area contributed by atoms with Gasteiger partial charge in [0.1, 0.15) is 4.90 Å². The number of benzene rings is 2. The molecule has 30 heavy (non-hydrogen) atoms. The number of carbonyl (C=O) groups excluding carboxylic acids is 2. The van der Waals surface area contributed by atoms with E-state index in [-0.39, 0.29) is 16.7 Å². The largest absolute Gasteiger partial charge is 0.366 e. The molecule has 156 valence electrons. The van der Waals surface area contributed by atoms with Crippen molar-refractivity contribution in [1.82, 2.24) is 4.90 Å². The van der Waals surface area contributed by atoms with Crippen LogP contribution in [0.15, 0.2) is 51.8 Å². The maximum absolute atomic E-state index is 12.7. The normalized spacial score (nSPS) is 17.9. The Labute approximate surface area is 174 Å². The number of likely N-dealkylation sites (tertiary alicyclic amines) is 1. The minimum atomic E-state index is -3.65. The Balaban J connectivity index is 1.41. The zero-order valence-corrected chi connectivity index (χ0v) is 17.3. The summed E-state index contributed by atoms with van der Waals surface area (Å²) in [6.07, 6.45) is 1.18. The van der Waals surface area contributed by atoms with Crippen LogP contribution >= 0.6 is 0 Å². The number of aryl methyl sites for hydroxylation is 1. The van der Waals surface area contributed by atoms with Crippen molar-refractivity contribution in [2.24, 2.45) is 16.0 Å². The van der Waals surface area contributed by atoms with Crippen LogP contribution in [0.2, 0.25) is 0 Å². The van der Waals surface area contributed by atoms with Crippen LogP contribution in [0.25, 0.3) is 0 Å². The van der Waals surface area contributed by atoms with Crippen molar-refractivity contribution in [3.63, 3.8) is 0 Å². The van der Waals surface area contributed by atoms with Gasteiger partial charge in [-0.15, -0.1) is 4.40 Å². The van der Waals surface area contributed by atoms with Crippen molar-refractivity contribution < 1.29 is 18.0 Å². The van der Waals surface area contributed by atoms with Gasteiger partial charge in [-0.05, 0) is 55.7 Å². The first-order valence-electron chi connectivity index (χ1n) is 9.67. The average Bonchev–Trinajstić information content (AvgIpc) is 2.99. The second-order valence-electron chi connectivity index (χ2n) is 7.53. The number of piperidine rings is 1. The third-order valence-corrected chi connectivity index (χ3v) is 6.86. The van der Waals surface area contributed by atoms with Crippen LogP contribution in [0.3, 0.4) is 0 Å². The zero-order chi connectivity index (χ0) is 21.5. The summed E-state index contributed by atoms with van der Waals surface area (Å²) in [6.45, 7) is 2.85. The summed E-state index contributed by atoms with van der Waals surface area (Å²) in [5.74, 6) is -0.327. The van der Waals surface area contributed by atoms with Gasteiger partial charge in [0.15, 0.2) is 5.84 Å². The van der Waals surface area contributed by atoms with Crippen molar-refractivity contribution in [3.8, 4) is 0 Å². The number of anilines is 1. The van der Waals surface area contributed by atoms with E-state index in [0.717, 1.165) is 0 Å². The molecule has 1 saturated heterocycles. The molecule has 0 atom stereocenters. The lowest BCUT2D eigenvalue weighted by Gasteiger charge is -2.32. The Hall–Kier alpha value is -3.20. The fraction of sp³-hybridized carbons (Fsp3) is 0.286. The van der Waals surface area contributed by atoms with Gasteiger partial charge in [-0.25, -0.2) is 0 Å². The first-order valence-corrected chi connectivity index (χ1v) is 11.1. The van der Waals surface area contributed by atoms with Crippen LogP contribution in [-0.2, 0) is 14.8 Å². The maximum Gasteiger partial charge on any atom is 0.285 e. The van der Waals surface area contributed by atoms with Gasteiger partial charge in [0, 0.05) is 35.8 Å². The van der Waals surface area contributed by atoms with Crippen molar-refractivity contribution in [3.05, 3.63) is 59.2 Å². The molecule has 0 spiro atoms. The van der Waals surface area contributed by atoms with E-state index >= 15 is 0 Å². The number of nitrogens with two attached hydrogens (primary N) is 1. The highest BCUT2D eigenvalue weighted by atomic mass is 32.2. The molecule has 0 aromatic heterocycles. The first-order chi connectivity index (χ1) is 14.3. The standard InChI is InChI=1S/C21H22N4O4S/c1-13-12-15(6-7-16(13)19(22)26)23-21(27)14-8-10-25(11-9-14)20-17-4-2-3-5-18(17)30(28,29)24-20/h2-7,12,14H,8-11H2,1H3,(H2,22,26)(H,23,27). The predicted molar refractivity (Wildman–Crippen MR) is 113 cm³/mol. The van der Waals surface area contributed by atoms with Gasteiger partial charge in [-0.1, -0.05) is 12.1 Å². The SMILES string of the molecule is Cc1cc(NC(=O)C2CCN(C3=NS(=O)(=O)c4ccccc43)CC2)ccc1C(N)=O. The molecule has 0 radical (unpaired) electrons. The zero-order valence-electron chi connectivity index (χ0n) is 16.5. The van der Waals surface area contributed by atoms with Gasteiger partial charge >= 0.3 is 0 Å². The van der Waals surface area contributed by atoms with Crippen LogP contribution in [0.5, 0.6) is 0 Å². The van der Waals surface area contributed by atoms with E-state index in [1.807, 2.05) is 4.90 Å². The van der Waals surface area contributed by atoms with E-state index in [0.29, 0.717) is 54.1 Å². The number of nitrogens with one attached hydrogen (secondary N) is 1. The summed E-state index contributed by atoms with van der Waals surface area (Å²) in [7, 11) is -3.65. The smallest absolute Gasteiger partial charge is 0.285 e. The van der Waals surface area contributed by atoms with E-state index in [1.165, 1.54) is 0 Å². The molecule has 2 heterocycles. The van der Waals surface area contributed by atoms with Crippen LogP contribution in [0.4, 0.5) is 5.69 Å². The number of carbonyl (C=O) groups is 2. The summed E-state index contributed by atoms with van der Waals surface area (Å²) in [5.41, 5.74) is 7.68. The molecule has 9 heteroatoms. The molecule has 2 amide bonds. The van der Waals surface area contributed by atoms with Crippen LogP contribution in [-0.4, -0.2) is 44.1 Å². The monoisotopic (exact) mass is 426 g/mol. The minimum Gasteiger partial charge on any atom is -0.366 e. The predicted octanol–water partition coefficient (Wildman–Crippen LogP) is 1.89. The third-order valence-electron chi connectivity index (χ3n) is 5.54. The molecule has 8 nitrogen and oxygen atoms in total. The van der Waals surface area contributed by atoms with Crippen LogP contribution < -0.4 is 11.1 Å². The highest BCUT2D eigenvalue weighted by Gasteiger charge is 2.34. The maximum atomic E-state index is 12.7. The summed E-state index contributed by atoms with van der Waals surface area (Å²) in [5, 5.41) is 2.90. The van der Waals surface area contributed by atoms with E-state index < -0.39 is 15.9 Å². The summed E-state index contributed by atoms with van der Waals surface area (Å²) in [6, 6.07) is 11.8. The molecule has 0 saturated carbocycles. The minimum absolute atomic E-state index is 0.0951. The van der Waals surface area contributed by atoms with Crippen molar-refractivity contribution in [2.75, 3.05) is 18.4 Å². The van der Waals surface area contributed by atoms with Gasteiger partial charge in [0.05, 0.1) is 0 Å². The molecule has 4 rings (SSSR count). The lowest BCUT2D eigenvalue weighted by Crippen LogP contribution is -2.41. The highest BCUT2D eigenvalue weighted by Crippen LogP contribution is 2.30. The van der Waals surface area contributed by atoms with Crippen molar-refractivity contribution in [2.45, 2.75) is 24.7 Å². The van der Waals surface area contributed by atoms with Crippen LogP contribution in [0.1, 0.15) is 34.3 Å². The molecule has 2 aromatic rings. The lowest BCUT2D eigenvalue weighted by atomic mass is 9.95. The highest BCUT2D eigenvalue weighted by molar-refractivity contribution is 7.90. The molecule has 2 aromatic carbocycles. The lowest BCUT2D eigenvalue weighted by molar-refractivity contribution is -0.120. The van der Waals surface area contributed by atoms with E-state index in [9.17, 15) is 18.0 Å². The molecular weight excluding hydrogens is 404 g/mol. The number of fused-ring (bicyclic) bond motifs is 1. The second-order valence-corrected chi connectivity index (χ2v) is 9.10. The van der Waals surface area contributed by atoms with E-state index in [2.05, 4.69) is 9.71 Å². The number of nitrogens with zero attached hydrogens (tertiary/aromatic N) is 2. The van der Waals surface area contributed by atoms with E-state index in [1.54, 1.807) is 49.4 Å².